The summed E-state index contributed by atoms with van der Waals surface area (Å²) in [6.07, 6.45) is 1.71. The molecule has 7 heteroatoms. The predicted octanol–water partition coefficient (Wildman–Crippen LogP) is 4.38. The number of ether oxygens (including phenoxy) is 2. The molecule has 3 aromatic carbocycles. The predicted molar refractivity (Wildman–Crippen MR) is 155 cm³/mol. The molecule has 1 fully saturated rings. The van der Waals surface area contributed by atoms with Crippen molar-refractivity contribution in [1.29, 1.82) is 0 Å². The Bertz CT molecular complexity index is 1210. The van der Waals surface area contributed by atoms with E-state index >= 15 is 0 Å². The maximum absolute atomic E-state index is 13.9. The number of hydrogen-bond acceptors (Lipinski definition) is 6. The topological polar surface area (TPSA) is 79.3 Å². The number of likely N-dealkylation sites (N-methyl/N-ethyl adjacent to an activating group) is 1. The molecule has 0 aromatic heterocycles. The van der Waals surface area contributed by atoms with Crippen LogP contribution in [0.1, 0.15) is 42.9 Å². The highest BCUT2D eigenvalue weighted by molar-refractivity contribution is 5.92. The molecule has 1 aliphatic rings. The van der Waals surface area contributed by atoms with E-state index in [4.69, 9.17) is 9.47 Å². The van der Waals surface area contributed by atoms with Crippen LogP contribution in [-0.4, -0.2) is 73.7 Å². The first kappa shape index (κ1) is 29.3. The van der Waals surface area contributed by atoms with Crippen LogP contribution < -0.4 is 4.74 Å². The molecule has 1 N–H and O–H groups in total. The molecule has 1 amide bonds. The van der Waals surface area contributed by atoms with Crippen LogP contribution in [0, 0.1) is 0 Å². The zero-order valence-electron chi connectivity index (χ0n) is 23.7. The summed E-state index contributed by atoms with van der Waals surface area (Å²) in [4.78, 5) is 29.0. The summed E-state index contributed by atoms with van der Waals surface area (Å²) >= 11 is 0. The van der Waals surface area contributed by atoms with Crippen LogP contribution in [0.2, 0.25) is 0 Å². The molecule has 0 saturated carbocycles. The van der Waals surface area contributed by atoms with E-state index in [2.05, 4.69) is 4.90 Å². The maximum Gasteiger partial charge on any atom is 0.302 e. The average molecular weight is 545 g/mol. The van der Waals surface area contributed by atoms with Crippen molar-refractivity contribution in [2.75, 3.05) is 46.9 Å². The first-order valence-electron chi connectivity index (χ1n) is 13.9. The summed E-state index contributed by atoms with van der Waals surface area (Å²) in [7, 11) is 3.63. The molecule has 0 atom stereocenters. The van der Waals surface area contributed by atoms with Gasteiger partial charge in [-0.2, -0.15) is 0 Å². The third kappa shape index (κ3) is 6.54. The summed E-state index contributed by atoms with van der Waals surface area (Å²) in [6, 6.07) is 27.6. The Balaban J connectivity index is 1.50. The molecule has 212 valence electrons. The molecule has 1 aliphatic heterocycles. The molecule has 1 saturated heterocycles. The van der Waals surface area contributed by atoms with Crippen molar-refractivity contribution in [2.24, 2.45) is 0 Å². The molecule has 40 heavy (non-hydrogen) atoms. The lowest BCUT2D eigenvalue weighted by molar-refractivity contribution is -0.141. The minimum Gasteiger partial charge on any atom is -0.490 e. The Hall–Kier alpha value is -3.68. The van der Waals surface area contributed by atoms with E-state index in [1.165, 1.54) is 6.92 Å². The van der Waals surface area contributed by atoms with Crippen LogP contribution in [0.25, 0.3) is 0 Å². The number of rotatable bonds is 11. The lowest BCUT2D eigenvalue weighted by Gasteiger charge is -2.41. The van der Waals surface area contributed by atoms with E-state index in [-0.39, 0.29) is 25.1 Å². The third-order valence-electron chi connectivity index (χ3n) is 7.83. The van der Waals surface area contributed by atoms with Gasteiger partial charge < -0.3 is 24.4 Å². The van der Waals surface area contributed by atoms with Gasteiger partial charge in [0, 0.05) is 39.7 Å². The molecule has 1 heterocycles. The summed E-state index contributed by atoms with van der Waals surface area (Å²) in [6.45, 7) is 3.83. The minimum atomic E-state index is -1.02. The van der Waals surface area contributed by atoms with Gasteiger partial charge in [-0.05, 0) is 43.0 Å². The molecule has 0 bridgehead atoms. The number of esters is 1. The Morgan fingerprint density at radius 1 is 0.875 bits per heavy atom. The van der Waals surface area contributed by atoms with Crippen LogP contribution in [0.5, 0.6) is 5.75 Å². The minimum absolute atomic E-state index is 0.0539. The van der Waals surface area contributed by atoms with Crippen molar-refractivity contribution in [3.05, 3.63) is 102 Å². The highest BCUT2D eigenvalue weighted by Gasteiger charge is 2.44. The lowest BCUT2D eigenvalue weighted by atomic mass is 9.70. The third-order valence-corrected chi connectivity index (χ3v) is 7.83. The Labute approximate surface area is 237 Å². The number of carbonyl (C=O) groups excluding carboxylic acids is 2. The zero-order valence-corrected chi connectivity index (χ0v) is 23.7. The average Bonchev–Trinajstić information content (AvgIpc) is 2.97. The fourth-order valence-electron chi connectivity index (χ4n) is 5.69. The summed E-state index contributed by atoms with van der Waals surface area (Å²) < 4.78 is 10.9. The van der Waals surface area contributed by atoms with Crippen molar-refractivity contribution < 1.29 is 24.2 Å². The van der Waals surface area contributed by atoms with E-state index < -0.39 is 11.0 Å². The van der Waals surface area contributed by atoms with Gasteiger partial charge in [0.25, 0.3) is 0 Å². The second-order valence-electron chi connectivity index (χ2n) is 10.6. The molecule has 0 radical (unpaired) electrons. The number of likely N-dealkylation sites (tertiary alicyclic amines) is 1. The summed E-state index contributed by atoms with van der Waals surface area (Å²) in [5.41, 5.74) is 0.871. The number of piperidine rings is 1. The largest absolute Gasteiger partial charge is 0.490 e. The van der Waals surface area contributed by atoms with Crippen LogP contribution >= 0.6 is 0 Å². The van der Waals surface area contributed by atoms with Crippen molar-refractivity contribution in [2.45, 2.75) is 37.2 Å². The number of amides is 1. The van der Waals surface area contributed by atoms with Gasteiger partial charge in [0.2, 0.25) is 5.91 Å². The second-order valence-corrected chi connectivity index (χ2v) is 10.6. The van der Waals surface area contributed by atoms with Gasteiger partial charge in [-0.3, -0.25) is 9.59 Å². The van der Waals surface area contributed by atoms with E-state index in [1.807, 2.05) is 99.0 Å². The van der Waals surface area contributed by atoms with Crippen LogP contribution in [0.3, 0.4) is 0 Å². The SMILES string of the molecule is CC(=O)OCCOc1ccccc1C1(O)CCN(CCC(C(=O)N(C)C)(c2ccccc2)c2ccccc2)CC1. The number of nitrogens with zero attached hydrogens (tertiary/aromatic N) is 2. The quantitative estimate of drug-likeness (QED) is 0.285. The van der Waals surface area contributed by atoms with E-state index in [9.17, 15) is 14.7 Å². The Morgan fingerprint density at radius 2 is 1.43 bits per heavy atom. The zero-order chi connectivity index (χ0) is 28.6. The van der Waals surface area contributed by atoms with E-state index in [1.54, 1.807) is 4.90 Å². The van der Waals surface area contributed by atoms with Gasteiger partial charge in [-0.15, -0.1) is 0 Å². The fraction of sp³-hybridized carbons (Fsp3) is 0.394. The van der Waals surface area contributed by atoms with E-state index in [0.717, 1.165) is 16.7 Å². The van der Waals surface area contributed by atoms with Crippen LogP contribution in [0.15, 0.2) is 84.9 Å². The number of aliphatic hydroxyl groups is 1. The number of benzene rings is 3. The fourth-order valence-corrected chi connectivity index (χ4v) is 5.69. The molecular formula is C33H40N2O5. The molecule has 0 spiro atoms. The summed E-state index contributed by atoms with van der Waals surface area (Å²) in [5.74, 6) is 0.311. The van der Waals surface area contributed by atoms with Gasteiger partial charge in [0.15, 0.2) is 0 Å². The van der Waals surface area contributed by atoms with Crippen LogP contribution in [0.4, 0.5) is 0 Å². The normalized spacial score (nSPS) is 15.3. The summed E-state index contributed by atoms with van der Waals surface area (Å²) in [5, 5.41) is 11.7. The number of carbonyl (C=O) groups is 2. The second kappa shape index (κ2) is 13.1. The highest BCUT2D eigenvalue weighted by atomic mass is 16.6. The molecule has 3 aromatic rings. The van der Waals surface area contributed by atoms with Gasteiger partial charge in [0.05, 0.1) is 5.60 Å². The molecule has 0 unspecified atom stereocenters. The first-order valence-corrected chi connectivity index (χ1v) is 13.9. The van der Waals surface area contributed by atoms with Crippen molar-refractivity contribution in [1.82, 2.24) is 9.80 Å². The van der Waals surface area contributed by atoms with Crippen molar-refractivity contribution >= 4 is 11.9 Å². The molecule has 7 nitrogen and oxygen atoms in total. The van der Waals surface area contributed by atoms with Gasteiger partial charge in [0.1, 0.15) is 24.4 Å². The lowest BCUT2D eigenvalue weighted by Crippen LogP contribution is -2.49. The van der Waals surface area contributed by atoms with Crippen molar-refractivity contribution in [3.63, 3.8) is 0 Å². The standard InChI is InChI=1S/C33H40N2O5/c1-26(36)39-24-25-40-30-17-11-10-16-29(30)32(38)18-21-35(22-19-32)23-20-33(31(37)34(2)3,27-12-6-4-7-13-27)28-14-8-5-9-15-28/h4-17,38H,18-25H2,1-3H3. The smallest absolute Gasteiger partial charge is 0.302 e. The molecule has 0 aliphatic carbocycles. The van der Waals surface area contributed by atoms with Crippen molar-refractivity contribution in [3.8, 4) is 5.75 Å². The highest BCUT2D eigenvalue weighted by Crippen LogP contribution is 2.40. The Kier molecular flexibility index (Phi) is 9.61. The maximum atomic E-state index is 13.9. The monoisotopic (exact) mass is 544 g/mol. The number of hydrogen-bond donors (Lipinski definition) is 1. The Morgan fingerprint density at radius 3 is 1.98 bits per heavy atom. The van der Waals surface area contributed by atoms with E-state index in [0.29, 0.717) is 44.6 Å². The number of para-hydroxylation sites is 1. The van der Waals surface area contributed by atoms with Gasteiger partial charge in [-0.25, -0.2) is 0 Å². The van der Waals surface area contributed by atoms with Gasteiger partial charge >= 0.3 is 5.97 Å². The van der Waals surface area contributed by atoms with Gasteiger partial charge in [-0.1, -0.05) is 78.9 Å². The molecule has 4 rings (SSSR count). The molecular weight excluding hydrogens is 504 g/mol. The van der Waals surface area contributed by atoms with Crippen LogP contribution in [-0.2, 0) is 25.3 Å². The first-order chi connectivity index (χ1) is 19.3.